The van der Waals surface area contributed by atoms with E-state index in [2.05, 4.69) is 10.9 Å². The molecule has 0 aliphatic carbocycles. The van der Waals surface area contributed by atoms with Crippen LogP contribution in [0.4, 0.5) is 0 Å². The number of carbonyl (C=O) groups excluding carboxylic acids is 1. The fraction of sp³-hybridized carbons (Fsp3) is 0. The zero-order valence-electron chi connectivity index (χ0n) is 5.83. The van der Waals surface area contributed by atoms with Crippen molar-refractivity contribution in [3.8, 4) is 11.8 Å². The van der Waals surface area contributed by atoms with Crippen molar-refractivity contribution in [2.45, 2.75) is 0 Å². The van der Waals surface area contributed by atoms with E-state index in [0.29, 0.717) is 5.01 Å². The Morgan fingerprint density at radius 2 is 2.45 bits per heavy atom. The first-order chi connectivity index (χ1) is 4.79. The van der Waals surface area contributed by atoms with E-state index >= 15 is 0 Å². The van der Waals surface area contributed by atoms with Gasteiger partial charge in [0.2, 0.25) is 0 Å². The van der Waals surface area contributed by atoms with Crippen LogP contribution in [0.2, 0.25) is 0 Å². The Hall–Kier alpha value is -0.743. The van der Waals surface area contributed by atoms with E-state index < -0.39 is 5.97 Å². The van der Waals surface area contributed by atoms with Crippen LogP contribution >= 0.6 is 11.3 Å². The zero-order valence-corrected chi connectivity index (χ0v) is 6.64. The number of carboxylic acid groups (broad SMARTS) is 1. The van der Waals surface area contributed by atoms with Crippen LogP contribution in [0.1, 0.15) is 5.01 Å². The van der Waals surface area contributed by atoms with Crippen molar-refractivity contribution in [1.29, 1.82) is 0 Å². The molecule has 0 amide bonds. The first-order valence-electron chi connectivity index (χ1n) is 2.41. The zero-order chi connectivity index (χ0) is 7.40. The molecule has 11 heavy (non-hydrogen) atoms. The Morgan fingerprint density at radius 3 is 2.91 bits per heavy atom. The second kappa shape index (κ2) is 4.98. The molecule has 0 aromatic carbocycles. The molecule has 0 saturated heterocycles. The Balaban J connectivity index is 0.000001000. The van der Waals surface area contributed by atoms with Gasteiger partial charge in [-0.15, -0.1) is 11.3 Å². The second-order valence-electron chi connectivity index (χ2n) is 1.37. The van der Waals surface area contributed by atoms with Crippen molar-refractivity contribution in [2.75, 3.05) is 0 Å². The molecule has 0 atom stereocenters. The molecule has 0 radical (unpaired) electrons. The number of carboxylic acids is 1. The molecular weight excluding hydrogens is 157 g/mol. The summed E-state index contributed by atoms with van der Waals surface area (Å²) in [6.45, 7) is 0. The number of aromatic nitrogens is 1. The second-order valence-corrected chi connectivity index (χ2v) is 2.27. The Morgan fingerprint density at radius 1 is 1.73 bits per heavy atom. The minimum atomic E-state index is -1.38. The summed E-state index contributed by atoms with van der Waals surface area (Å²) >= 11 is 1.29. The van der Waals surface area contributed by atoms with E-state index in [1.807, 2.05) is 5.92 Å². The van der Waals surface area contributed by atoms with Gasteiger partial charge in [-0.05, 0) is 11.8 Å². The SMILES string of the molecule is O=C([O-])C#Cc1nccs1.[Li+]. The summed E-state index contributed by atoms with van der Waals surface area (Å²) in [6.07, 6.45) is 1.56. The van der Waals surface area contributed by atoms with Gasteiger partial charge in [0.05, 0.1) is 0 Å². The van der Waals surface area contributed by atoms with Crippen LogP contribution in [0.15, 0.2) is 11.6 Å². The van der Waals surface area contributed by atoms with Gasteiger partial charge >= 0.3 is 18.9 Å². The Labute approximate surface area is 79.6 Å². The molecule has 1 aromatic rings. The van der Waals surface area contributed by atoms with E-state index in [-0.39, 0.29) is 18.9 Å². The average Bonchev–Trinajstić information content (AvgIpc) is 2.34. The predicted molar refractivity (Wildman–Crippen MR) is 34.0 cm³/mol. The molecule has 0 aliphatic heterocycles. The van der Waals surface area contributed by atoms with Crippen molar-refractivity contribution < 1.29 is 28.8 Å². The van der Waals surface area contributed by atoms with Gasteiger partial charge in [-0.25, -0.2) is 4.98 Å². The molecule has 0 fully saturated rings. The molecule has 3 nitrogen and oxygen atoms in total. The van der Waals surface area contributed by atoms with Crippen LogP contribution in [-0.4, -0.2) is 11.0 Å². The third-order valence-corrected chi connectivity index (χ3v) is 1.39. The predicted octanol–water partition coefficient (Wildman–Crippen LogP) is -3.75. The fourth-order valence-electron chi connectivity index (χ4n) is 0.390. The Kier molecular flexibility index (Phi) is 4.64. The van der Waals surface area contributed by atoms with E-state index in [9.17, 15) is 9.90 Å². The number of carbonyl (C=O) groups is 1. The molecule has 0 aliphatic rings. The normalized spacial score (nSPS) is 7.27. The van der Waals surface area contributed by atoms with Gasteiger partial charge in [0.1, 0.15) is 5.97 Å². The molecule has 0 spiro atoms. The maximum Gasteiger partial charge on any atom is 1.00 e. The van der Waals surface area contributed by atoms with E-state index in [0.717, 1.165) is 0 Å². The molecule has 1 aromatic heterocycles. The first kappa shape index (κ1) is 10.3. The summed E-state index contributed by atoms with van der Waals surface area (Å²) in [5, 5.41) is 12.0. The number of thiazole rings is 1. The van der Waals surface area contributed by atoms with Gasteiger partial charge in [0, 0.05) is 11.6 Å². The molecule has 1 heterocycles. The third kappa shape index (κ3) is 3.85. The Bertz CT molecular complexity index is 285. The summed E-state index contributed by atoms with van der Waals surface area (Å²) < 4.78 is 0. The van der Waals surface area contributed by atoms with Gasteiger partial charge in [-0.1, -0.05) is 0 Å². The number of aliphatic carboxylic acids is 1. The van der Waals surface area contributed by atoms with Gasteiger partial charge in [0.25, 0.3) is 0 Å². The number of hydrogen-bond donors (Lipinski definition) is 0. The van der Waals surface area contributed by atoms with Crippen LogP contribution in [0.5, 0.6) is 0 Å². The molecule has 1 rings (SSSR count). The minimum absolute atomic E-state index is 0. The summed E-state index contributed by atoms with van der Waals surface area (Å²) in [7, 11) is 0. The monoisotopic (exact) mass is 159 g/mol. The number of nitrogens with zero attached hydrogens (tertiary/aromatic N) is 1. The largest absolute Gasteiger partial charge is 1.00 e. The topological polar surface area (TPSA) is 53.0 Å². The van der Waals surface area contributed by atoms with Crippen LogP contribution in [-0.2, 0) is 4.79 Å². The van der Waals surface area contributed by atoms with Crippen LogP contribution < -0.4 is 24.0 Å². The van der Waals surface area contributed by atoms with Crippen LogP contribution in [0.3, 0.4) is 0 Å². The average molecular weight is 159 g/mol. The van der Waals surface area contributed by atoms with Crippen molar-refractivity contribution in [1.82, 2.24) is 4.98 Å². The van der Waals surface area contributed by atoms with Crippen LogP contribution in [0, 0.1) is 11.8 Å². The fourth-order valence-corrected chi connectivity index (χ4v) is 0.872. The van der Waals surface area contributed by atoms with Crippen LogP contribution in [0.25, 0.3) is 0 Å². The molecule has 0 bridgehead atoms. The molecule has 50 valence electrons. The van der Waals surface area contributed by atoms with Gasteiger partial charge in [-0.3, -0.25) is 0 Å². The van der Waals surface area contributed by atoms with Crippen molar-refractivity contribution in [2.24, 2.45) is 0 Å². The summed E-state index contributed by atoms with van der Waals surface area (Å²) in [5.41, 5.74) is 0. The van der Waals surface area contributed by atoms with Gasteiger partial charge in [-0.2, -0.15) is 0 Å². The minimum Gasteiger partial charge on any atom is -0.537 e. The van der Waals surface area contributed by atoms with E-state index in [4.69, 9.17) is 0 Å². The van der Waals surface area contributed by atoms with Gasteiger partial charge in [0.15, 0.2) is 5.01 Å². The number of rotatable bonds is 0. The van der Waals surface area contributed by atoms with Crippen molar-refractivity contribution >= 4 is 17.3 Å². The third-order valence-electron chi connectivity index (χ3n) is 0.704. The quantitative estimate of drug-likeness (QED) is 0.288. The standard InChI is InChI=1S/C6H3NO2S.Li/c8-6(9)2-1-5-7-3-4-10-5;/h3-4H,(H,8,9);/q;+1/p-1. The number of hydrogen-bond acceptors (Lipinski definition) is 4. The summed E-state index contributed by atoms with van der Waals surface area (Å²) in [4.78, 5) is 13.5. The summed E-state index contributed by atoms with van der Waals surface area (Å²) in [6, 6.07) is 0. The maximum absolute atomic E-state index is 9.79. The smallest absolute Gasteiger partial charge is 0.537 e. The van der Waals surface area contributed by atoms with Crippen molar-refractivity contribution in [3.63, 3.8) is 0 Å². The first-order valence-corrected chi connectivity index (χ1v) is 3.29. The van der Waals surface area contributed by atoms with Crippen molar-refractivity contribution in [3.05, 3.63) is 16.6 Å². The summed E-state index contributed by atoms with van der Waals surface area (Å²) in [5.74, 6) is 2.79. The molecule has 0 unspecified atom stereocenters. The van der Waals surface area contributed by atoms with Gasteiger partial charge < -0.3 is 9.90 Å². The maximum atomic E-state index is 9.79. The molecule has 5 heteroatoms. The molecular formula is C6H2LiNO2S. The molecule has 0 N–H and O–H groups in total. The van der Waals surface area contributed by atoms with E-state index in [1.54, 1.807) is 11.6 Å². The molecule has 0 saturated carbocycles. The van der Waals surface area contributed by atoms with E-state index in [1.165, 1.54) is 11.3 Å².